The third kappa shape index (κ3) is 5.65. The lowest BCUT2D eigenvalue weighted by Gasteiger charge is -2.13. The molecule has 0 saturated carbocycles. The fourth-order valence-electron chi connectivity index (χ4n) is 2.80. The van der Waals surface area contributed by atoms with E-state index in [4.69, 9.17) is 19.4 Å². The first-order chi connectivity index (χ1) is 15.6. The molecule has 1 heterocycles. The molecule has 1 saturated heterocycles. The van der Waals surface area contributed by atoms with Crippen LogP contribution in [0.4, 0.5) is 4.79 Å². The Hall–Kier alpha value is -3.51. The summed E-state index contributed by atoms with van der Waals surface area (Å²) < 4.78 is 41.1. The molecule has 1 aliphatic heterocycles. The van der Waals surface area contributed by atoms with Gasteiger partial charge in [0, 0.05) is 0 Å². The number of thioether (sulfide) groups is 1. The van der Waals surface area contributed by atoms with Gasteiger partial charge < -0.3 is 19.4 Å². The van der Waals surface area contributed by atoms with Crippen LogP contribution in [0.25, 0.3) is 6.08 Å². The van der Waals surface area contributed by atoms with Gasteiger partial charge in [0.05, 0.1) is 18.6 Å². The van der Waals surface area contributed by atoms with Gasteiger partial charge in [0.2, 0.25) is 5.91 Å². The van der Waals surface area contributed by atoms with Crippen LogP contribution in [0.15, 0.2) is 52.3 Å². The van der Waals surface area contributed by atoms with Gasteiger partial charge in [-0.1, -0.05) is 6.07 Å². The molecule has 2 N–H and O–H groups in total. The van der Waals surface area contributed by atoms with Gasteiger partial charge in [0.1, 0.15) is 17.2 Å². The molecule has 2 aromatic carbocycles. The maximum Gasteiger partial charge on any atom is 0.339 e. The molecule has 0 unspecified atom stereocenters. The van der Waals surface area contributed by atoms with E-state index in [2.05, 4.69) is 0 Å². The fraction of sp³-hybridized carbons (Fsp3) is 0.190. The molecule has 10 nitrogen and oxygen atoms in total. The fourth-order valence-corrected chi connectivity index (χ4v) is 4.58. The summed E-state index contributed by atoms with van der Waals surface area (Å²) in [5.41, 5.74) is 5.53. The Morgan fingerprint density at radius 1 is 1.12 bits per heavy atom. The molecule has 174 valence electrons. The average Bonchev–Trinajstić information content (AvgIpc) is 3.02. The van der Waals surface area contributed by atoms with E-state index in [1.807, 2.05) is 0 Å². The molecular formula is C21H20N2O8S2. The Morgan fingerprint density at radius 2 is 1.82 bits per heavy atom. The first-order valence-corrected chi connectivity index (χ1v) is 11.8. The summed E-state index contributed by atoms with van der Waals surface area (Å²) in [6.45, 7) is 1.42. The van der Waals surface area contributed by atoms with Crippen LogP contribution in [0, 0.1) is 0 Å². The number of hydrogen-bond donors (Lipinski definition) is 1. The zero-order chi connectivity index (χ0) is 24.2. The largest absolute Gasteiger partial charge is 0.497 e. The van der Waals surface area contributed by atoms with Gasteiger partial charge in [-0.25, -0.2) is 0 Å². The Kier molecular flexibility index (Phi) is 7.29. The molecule has 0 bridgehead atoms. The highest BCUT2D eigenvalue weighted by Gasteiger charge is 2.35. The molecular weight excluding hydrogens is 472 g/mol. The minimum atomic E-state index is -4.15. The second-order valence-electron chi connectivity index (χ2n) is 6.59. The van der Waals surface area contributed by atoms with Gasteiger partial charge >= 0.3 is 10.1 Å². The molecule has 12 heteroatoms. The van der Waals surface area contributed by atoms with E-state index in [1.54, 1.807) is 6.92 Å². The number of methoxy groups -OCH3 is 1. The van der Waals surface area contributed by atoms with E-state index in [0.717, 1.165) is 4.90 Å². The zero-order valence-corrected chi connectivity index (χ0v) is 19.3. The van der Waals surface area contributed by atoms with Crippen molar-refractivity contribution in [2.75, 3.05) is 20.3 Å². The highest BCUT2D eigenvalue weighted by Crippen LogP contribution is 2.35. The van der Waals surface area contributed by atoms with E-state index < -0.39 is 33.7 Å². The van der Waals surface area contributed by atoms with Crippen LogP contribution in [-0.4, -0.2) is 50.6 Å². The van der Waals surface area contributed by atoms with E-state index in [-0.39, 0.29) is 27.9 Å². The molecule has 33 heavy (non-hydrogen) atoms. The van der Waals surface area contributed by atoms with Crippen molar-refractivity contribution in [3.8, 4) is 17.2 Å². The molecule has 0 atom stereocenters. The molecule has 2 aromatic rings. The van der Waals surface area contributed by atoms with Gasteiger partial charge in [-0.05, 0) is 66.7 Å². The van der Waals surface area contributed by atoms with Gasteiger partial charge in [0.25, 0.3) is 11.1 Å². The second kappa shape index (κ2) is 9.96. The predicted octanol–water partition coefficient (Wildman–Crippen LogP) is 2.38. The highest BCUT2D eigenvalue weighted by atomic mass is 32.2. The van der Waals surface area contributed by atoms with Gasteiger partial charge in [-0.2, -0.15) is 8.42 Å². The maximum absolute atomic E-state index is 12.7. The second-order valence-corrected chi connectivity index (χ2v) is 9.13. The summed E-state index contributed by atoms with van der Waals surface area (Å²) in [5.74, 6) is -0.888. The van der Waals surface area contributed by atoms with Crippen molar-refractivity contribution in [1.82, 2.24) is 4.90 Å². The van der Waals surface area contributed by atoms with Crippen LogP contribution in [0.2, 0.25) is 0 Å². The number of carbonyl (C=O) groups is 3. The van der Waals surface area contributed by atoms with Crippen molar-refractivity contribution < 1.29 is 36.5 Å². The summed E-state index contributed by atoms with van der Waals surface area (Å²) in [6.07, 6.45) is 1.43. The lowest BCUT2D eigenvalue weighted by molar-refractivity contribution is -0.127. The quantitative estimate of drug-likeness (QED) is 0.412. The monoisotopic (exact) mass is 492 g/mol. The number of primary amides is 1. The SMILES string of the molecule is CCOc1cc(/C=C2\SC(=O)N(CC(N)=O)C2=O)ccc1OS(=O)(=O)c1ccc(OC)cc1. The number of ether oxygens (including phenoxy) is 2. The summed E-state index contributed by atoms with van der Waals surface area (Å²) >= 11 is 0.665. The predicted molar refractivity (Wildman–Crippen MR) is 120 cm³/mol. The van der Waals surface area contributed by atoms with Crippen molar-refractivity contribution in [2.45, 2.75) is 11.8 Å². The molecule has 1 aliphatic rings. The minimum Gasteiger partial charge on any atom is -0.497 e. The lowest BCUT2D eigenvalue weighted by Crippen LogP contribution is -2.36. The average molecular weight is 493 g/mol. The van der Waals surface area contributed by atoms with Crippen molar-refractivity contribution in [1.29, 1.82) is 0 Å². The van der Waals surface area contributed by atoms with E-state index in [0.29, 0.717) is 23.1 Å². The number of hydrogen-bond acceptors (Lipinski definition) is 9. The Bertz CT molecular complexity index is 1220. The third-order valence-electron chi connectivity index (χ3n) is 4.30. The molecule has 0 aromatic heterocycles. The molecule has 0 radical (unpaired) electrons. The Morgan fingerprint density at radius 3 is 2.42 bits per heavy atom. The molecule has 0 spiro atoms. The first kappa shape index (κ1) is 24.1. The van der Waals surface area contributed by atoms with Crippen LogP contribution in [0.5, 0.6) is 17.2 Å². The van der Waals surface area contributed by atoms with Crippen LogP contribution >= 0.6 is 11.8 Å². The van der Waals surface area contributed by atoms with Crippen LogP contribution in [-0.2, 0) is 19.7 Å². The Labute approximate surface area is 194 Å². The number of carbonyl (C=O) groups excluding carboxylic acids is 3. The highest BCUT2D eigenvalue weighted by molar-refractivity contribution is 8.18. The molecule has 1 fully saturated rings. The van der Waals surface area contributed by atoms with Crippen molar-refractivity contribution >= 4 is 45.0 Å². The summed E-state index contributed by atoms with van der Waals surface area (Å²) in [6, 6.07) is 10.1. The lowest BCUT2D eigenvalue weighted by atomic mass is 10.2. The number of amides is 3. The topological polar surface area (TPSA) is 142 Å². The number of nitrogens with zero attached hydrogens (tertiary/aromatic N) is 1. The van der Waals surface area contributed by atoms with Crippen molar-refractivity contribution in [3.63, 3.8) is 0 Å². The third-order valence-corrected chi connectivity index (χ3v) is 6.46. The number of imide groups is 1. The van der Waals surface area contributed by atoms with Crippen LogP contribution in [0.1, 0.15) is 12.5 Å². The van der Waals surface area contributed by atoms with Gasteiger partial charge in [-0.3, -0.25) is 19.3 Å². The Balaban J connectivity index is 1.87. The summed E-state index contributed by atoms with van der Waals surface area (Å²) in [5, 5.41) is -0.611. The van der Waals surface area contributed by atoms with Crippen molar-refractivity contribution in [2.24, 2.45) is 5.73 Å². The normalized spacial score (nSPS) is 15.1. The number of rotatable bonds is 9. The maximum atomic E-state index is 12.7. The number of nitrogens with two attached hydrogens (primary N) is 1. The van der Waals surface area contributed by atoms with Gasteiger partial charge in [0.15, 0.2) is 11.5 Å². The zero-order valence-electron chi connectivity index (χ0n) is 17.6. The van der Waals surface area contributed by atoms with E-state index in [9.17, 15) is 22.8 Å². The first-order valence-electron chi connectivity index (χ1n) is 9.53. The standard InChI is InChI=1S/C21H20N2O8S2/c1-3-30-17-10-13(11-18-20(25)23(12-19(22)24)21(26)32-18)4-9-16(17)31-33(27,28)15-7-5-14(29-2)6-8-15/h4-11H,3,12H2,1-2H3,(H2,22,24)/b18-11-. The van der Waals surface area contributed by atoms with Crippen LogP contribution in [0.3, 0.4) is 0 Å². The minimum absolute atomic E-state index is 0.0494. The molecule has 0 aliphatic carbocycles. The summed E-state index contributed by atoms with van der Waals surface area (Å²) in [7, 11) is -2.69. The van der Waals surface area contributed by atoms with E-state index in [1.165, 1.54) is 55.7 Å². The smallest absolute Gasteiger partial charge is 0.339 e. The number of benzene rings is 2. The summed E-state index contributed by atoms with van der Waals surface area (Å²) in [4.78, 5) is 36.2. The van der Waals surface area contributed by atoms with Gasteiger partial charge in [-0.15, -0.1) is 0 Å². The van der Waals surface area contributed by atoms with Crippen LogP contribution < -0.4 is 19.4 Å². The molecule has 3 rings (SSSR count). The molecule has 3 amide bonds. The van der Waals surface area contributed by atoms with E-state index >= 15 is 0 Å². The van der Waals surface area contributed by atoms with Crippen molar-refractivity contribution in [3.05, 3.63) is 52.9 Å².